The van der Waals surface area contributed by atoms with Crippen molar-refractivity contribution in [3.63, 3.8) is 0 Å². The van der Waals surface area contributed by atoms with Crippen molar-refractivity contribution in [2.45, 2.75) is 38.5 Å². The molecule has 2 aromatic carbocycles. The van der Waals surface area contributed by atoms with E-state index >= 15 is 0 Å². The van der Waals surface area contributed by atoms with Crippen molar-refractivity contribution >= 4 is 11.8 Å². The quantitative estimate of drug-likeness (QED) is 0.404. The predicted molar refractivity (Wildman–Crippen MR) is 136 cm³/mol. The molecule has 190 valence electrons. The molecule has 0 spiro atoms. The number of allylic oxidation sites excluding steroid dienone is 3. The van der Waals surface area contributed by atoms with Crippen LogP contribution in [0, 0.1) is 0 Å². The van der Waals surface area contributed by atoms with E-state index in [-0.39, 0.29) is 18.3 Å². The second kappa shape index (κ2) is 11.4. The van der Waals surface area contributed by atoms with Crippen LogP contribution in [0.5, 0.6) is 11.5 Å². The van der Waals surface area contributed by atoms with E-state index in [1.165, 1.54) is 0 Å². The van der Waals surface area contributed by atoms with Crippen LogP contribution in [0.1, 0.15) is 49.7 Å². The average Bonchev–Trinajstić information content (AvgIpc) is 2.90. The monoisotopic (exact) mass is 491 g/mol. The number of rotatable bonds is 9. The summed E-state index contributed by atoms with van der Waals surface area (Å²) < 4.78 is 22.0. The Morgan fingerprint density at radius 1 is 1.03 bits per heavy atom. The molecular weight excluding hydrogens is 458 g/mol. The summed E-state index contributed by atoms with van der Waals surface area (Å²) in [5, 5.41) is 3.38. The molecule has 0 bridgehead atoms. The van der Waals surface area contributed by atoms with Gasteiger partial charge in [-0.3, -0.25) is 4.79 Å². The second-order valence-electron chi connectivity index (χ2n) is 8.87. The third-order valence-corrected chi connectivity index (χ3v) is 6.74. The lowest BCUT2D eigenvalue weighted by Gasteiger charge is -2.37. The molecule has 2 atom stereocenters. The van der Waals surface area contributed by atoms with Crippen molar-refractivity contribution in [1.29, 1.82) is 0 Å². The van der Waals surface area contributed by atoms with Crippen LogP contribution in [0.15, 0.2) is 71.1 Å². The van der Waals surface area contributed by atoms with Crippen molar-refractivity contribution < 1.29 is 28.5 Å². The first-order valence-corrected chi connectivity index (χ1v) is 12.2. The molecule has 1 aliphatic heterocycles. The first kappa shape index (κ1) is 25.5. The molecule has 1 aliphatic carbocycles. The Kier molecular flexibility index (Phi) is 8.10. The Labute approximate surface area is 212 Å². The summed E-state index contributed by atoms with van der Waals surface area (Å²) in [6.07, 6.45) is 1.04. The molecule has 0 saturated carbocycles. The molecule has 7 heteroatoms. The predicted octanol–water partition coefficient (Wildman–Crippen LogP) is 4.65. The van der Waals surface area contributed by atoms with Gasteiger partial charge < -0.3 is 24.3 Å². The number of carbonyl (C=O) groups is 2. The van der Waals surface area contributed by atoms with Gasteiger partial charge in [0.2, 0.25) is 0 Å². The normalized spacial score (nSPS) is 19.5. The Morgan fingerprint density at radius 2 is 1.81 bits per heavy atom. The lowest BCUT2D eigenvalue weighted by atomic mass is 9.71. The summed E-state index contributed by atoms with van der Waals surface area (Å²) in [7, 11) is 3.15. The van der Waals surface area contributed by atoms with Gasteiger partial charge in [-0.05, 0) is 37.8 Å². The van der Waals surface area contributed by atoms with Gasteiger partial charge in [-0.25, -0.2) is 4.79 Å². The van der Waals surface area contributed by atoms with Crippen LogP contribution >= 0.6 is 0 Å². The van der Waals surface area contributed by atoms with E-state index in [2.05, 4.69) is 17.4 Å². The van der Waals surface area contributed by atoms with Crippen LogP contribution in [0.25, 0.3) is 0 Å². The lowest BCUT2D eigenvalue weighted by Crippen LogP contribution is -2.36. The van der Waals surface area contributed by atoms with Gasteiger partial charge in [0.05, 0.1) is 32.3 Å². The van der Waals surface area contributed by atoms with Crippen molar-refractivity contribution in [1.82, 2.24) is 5.32 Å². The summed E-state index contributed by atoms with van der Waals surface area (Å²) in [6, 6.07) is 15.5. The maximum atomic E-state index is 13.7. The smallest absolute Gasteiger partial charge is 0.336 e. The van der Waals surface area contributed by atoms with Gasteiger partial charge in [-0.1, -0.05) is 36.4 Å². The number of hydrogen-bond acceptors (Lipinski definition) is 7. The molecule has 4 rings (SSSR count). The molecule has 2 aliphatic rings. The van der Waals surface area contributed by atoms with E-state index < -0.39 is 11.9 Å². The minimum Gasteiger partial charge on any atom is -0.497 e. The van der Waals surface area contributed by atoms with Gasteiger partial charge in [-0.2, -0.15) is 0 Å². The molecule has 7 nitrogen and oxygen atoms in total. The molecular formula is C29H33NO6. The molecule has 0 radical (unpaired) electrons. The molecule has 1 N–H and O–H groups in total. The first-order chi connectivity index (χ1) is 17.5. The van der Waals surface area contributed by atoms with Crippen LogP contribution in [0.3, 0.4) is 0 Å². The van der Waals surface area contributed by atoms with Crippen molar-refractivity contribution in [2.75, 3.05) is 34.0 Å². The van der Waals surface area contributed by atoms with Crippen LogP contribution in [-0.4, -0.2) is 45.8 Å². The Balaban J connectivity index is 1.78. The summed E-state index contributed by atoms with van der Waals surface area (Å²) in [6.45, 7) is 4.72. The van der Waals surface area contributed by atoms with E-state index in [9.17, 15) is 9.59 Å². The third-order valence-electron chi connectivity index (χ3n) is 6.74. The number of methoxy groups -OCH3 is 2. The fourth-order valence-electron chi connectivity index (χ4n) is 5.05. The Hall–Kier alpha value is -3.58. The highest BCUT2D eigenvalue weighted by molar-refractivity contribution is 6.04. The molecule has 0 unspecified atom stereocenters. The van der Waals surface area contributed by atoms with Gasteiger partial charge in [-0.15, -0.1) is 0 Å². The van der Waals surface area contributed by atoms with E-state index in [1.54, 1.807) is 20.3 Å². The maximum absolute atomic E-state index is 13.7. The zero-order valence-corrected chi connectivity index (χ0v) is 21.3. The minimum atomic E-state index is -0.620. The lowest BCUT2D eigenvalue weighted by molar-refractivity contribution is -0.140. The number of ketones is 1. The molecule has 36 heavy (non-hydrogen) atoms. The molecule has 0 saturated heterocycles. The molecule has 0 aromatic heterocycles. The van der Waals surface area contributed by atoms with Gasteiger partial charge in [0.15, 0.2) is 5.78 Å². The summed E-state index contributed by atoms with van der Waals surface area (Å²) in [4.78, 5) is 27.1. The summed E-state index contributed by atoms with van der Waals surface area (Å²) in [5.74, 6) is 0.138. The standard InChI is InChI=1S/C29H33NO6/c1-5-35-13-14-36-29(32)26-18(2)30-23-15-20(19-9-7-6-8-10-19)16-24(31)28(23)27(26)22-12-11-21(33-3)17-25(22)34-4/h6-12,17,20,27,30H,5,13-16H2,1-4H3/t20-,27+/m1/s1. The highest BCUT2D eigenvalue weighted by Gasteiger charge is 2.42. The number of carbonyl (C=O) groups excluding carboxylic acids is 2. The number of dihydropyridines is 1. The SMILES string of the molecule is CCOCCOC(=O)C1=C(C)NC2=C(C(=O)C[C@H](c3ccccc3)C2)[C@H]1c1ccc(OC)cc1OC. The van der Waals surface area contributed by atoms with Crippen LogP contribution < -0.4 is 14.8 Å². The fraction of sp³-hybridized carbons (Fsp3) is 0.379. The van der Waals surface area contributed by atoms with Crippen LogP contribution in [-0.2, 0) is 19.1 Å². The fourth-order valence-corrected chi connectivity index (χ4v) is 5.05. The highest BCUT2D eigenvalue weighted by atomic mass is 16.6. The zero-order valence-electron chi connectivity index (χ0n) is 21.3. The molecule has 2 aromatic rings. The molecule has 0 fully saturated rings. The Bertz CT molecular complexity index is 1180. The van der Waals surface area contributed by atoms with E-state index in [0.717, 1.165) is 16.8 Å². The first-order valence-electron chi connectivity index (χ1n) is 12.2. The topological polar surface area (TPSA) is 83.1 Å². The summed E-state index contributed by atoms with van der Waals surface area (Å²) in [5.41, 5.74) is 4.34. The van der Waals surface area contributed by atoms with E-state index in [4.69, 9.17) is 18.9 Å². The average molecular weight is 492 g/mol. The third kappa shape index (κ3) is 5.16. The van der Waals surface area contributed by atoms with Crippen molar-refractivity contribution in [2.24, 2.45) is 0 Å². The molecule has 0 amide bonds. The highest BCUT2D eigenvalue weighted by Crippen LogP contribution is 2.48. The van der Waals surface area contributed by atoms with Crippen molar-refractivity contribution in [3.8, 4) is 11.5 Å². The van der Waals surface area contributed by atoms with Gasteiger partial charge in [0.1, 0.15) is 18.1 Å². The number of hydrogen-bond donors (Lipinski definition) is 1. The van der Waals surface area contributed by atoms with Gasteiger partial charge >= 0.3 is 5.97 Å². The van der Waals surface area contributed by atoms with Crippen LogP contribution in [0.2, 0.25) is 0 Å². The summed E-state index contributed by atoms with van der Waals surface area (Å²) >= 11 is 0. The van der Waals surface area contributed by atoms with Gasteiger partial charge in [0.25, 0.3) is 0 Å². The van der Waals surface area contributed by atoms with Crippen LogP contribution in [0.4, 0.5) is 0 Å². The van der Waals surface area contributed by atoms with E-state index in [0.29, 0.717) is 54.4 Å². The maximum Gasteiger partial charge on any atom is 0.336 e. The zero-order chi connectivity index (χ0) is 25.7. The number of nitrogens with one attached hydrogen (secondary N) is 1. The van der Waals surface area contributed by atoms with E-state index in [1.807, 2.05) is 44.2 Å². The number of ether oxygens (including phenoxy) is 4. The largest absolute Gasteiger partial charge is 0.497 e. The number of benzene rings is 2. The molecule has 1 heterocycles. The van der Waals surface area contributed by atoms with Gasteiger partial charge in [0, 0.05) is 41.6 Å². The number of Topliss-reactive ketones (excluding diaryl/α,β-unsaturated/α-hetero) is 1. The second-order valence-corrected chi connectivity index (χ2v) is 8.87. The van der Waals surface area contributed by atoms with Crippen molar-refractivity contribution in [3.05, 3.63) is 82.2 Å². The Morgan fingerprint density at radius 3 is 2.50 bits per heavy atom. The minimum absolute atomic E-state index is 0.00703. The number of esters is 1.